The van der Waals surface area contributed by atoms with Gasteiger partial charge in [0.05, 0.1) is 0 Å². The minimum absolute atomic E-state index is 0.0132. The van der Waals surface area contributed by atoms with E-state index in [-0.39, 0.29) is 24.2 Å². The smallest absolute Gasteiger partial charge is 0.307 e. The fraction of sp³-hybridized carbons (Fsp3) is 0.667. The van der Waals surface area contributed by atoms with E-state index in [2.05, 4.69) is 18.7 Å². The van der Waals surface area contributed by atoms with Gasteiger partial charge in [-0.1, -0.05) is 50.6 Å². The number of carbonyl (C=O) groups is 2. The van der Waals surface area contributed by atoms with Gasteiger partial charge in [0.1, 0.15) is 17.1 Å². The number of hydrogen-bond donors (Lipinski definition) is 2. The SMILES string of the molecule is C=C(OC(C)=O)C(O)(CC=C[C@H]1CCC(=O)[C@@H]1CC=CCCCCO)CCCC. The average molecular weight is 407 g/mol. The number of allylic oxidation sites excluding steroid dienone is 3. The molecule has 1 aliphatic carbocycles. The maximum Gasteiger partial charge on any atom is 0.307 e. The van der Waals surface area contributed by atoms with E-state index in [1.54, 1.807) is 0 Å². The molecule has 0 radical (unpaired) electrons. The predicted octanol–water partition coefficient (Wildman–Crippen LogP) is 4.64. The Kier molecular flexibility index (Phi) is 11.8. The molecule has 0 amide bonds. The van der Waals surface area contributed by atoms with Crippen LogP contribution in [-0.4, -0.2) is 34.2 Å². The molecule has 29 heavy (non-hydrogen) atoms. The second-order valence-corrected chi connectivity index (χ2v) is 7.99. The van der Waals surface area contributed by atoms with Crippen LogP contribution in [-0.2, 0) is 14.3 Å². The summed E-state index contributed by atoms with van der Waals surface area (Å²) in [7, 11) is 0. The molecule has 5 nitrogen and oxygen atoms in total. The molecule has 0 heterocycles. The number of aliphatic hydroxyl groups is 2. The number of carbonyl (C=O) groups excluding carboxylic acids is 2. The van der Waals surface area contributed by atoms with Crippen LogP contribution in [0, 0.1) is 11.8 Å². The van der Waals surface area contributed by atoms with Crippen molar-refractivity contribution in [2.75, 3.05) is 6.61 Å². The zero-order valence-corrected chi connectivity index (χ0v) is 18.1. The van der Waals surface area contributed by atoms with E-state index < -0.39 is 11.6 Å². The third-order valence-electron chi connectivity index (χ3n) is 5.56. The Morgan fingerprint density at radius 1 is 1.28 bits per heavy atom. The Balaban J connectivity index is 2.67. The molecule has 3 atom stereocenters. The standard InChI is InChI=1S/C24H38O5/c1-4-5-16-24(28,19(2)29-20(3)26)17-11-12-21-14-15-23(27)22(21)13-9-7-6-8-10-18-25/h7,9,11-12,21-22,25,28H,2,4-6,8,10,13-18H2,1,3H3/t21-,22+,24?/m0/s1. The fourth-order valence-electron chi connectivity index (χ4n) is 3.74. The Hall–Kier alpha value is -1.72. The molecule has 1 rings (SSSR count). The highest BCUT2D eigenvalue weighted by atomic mass is 16.5. The van der Waals surface area contributed by atoms with Crippen LogP contribution in [0.4, 0.5) is 0 Å². The molecule has 1 aliphatic rings. The van der Waals surface area contributed by atoms with Gasteiger partial charge < -0.3 is 14.9 Å². The number of unbranched alkanes of at least 4 members (excludes halogenated alkanes) is 3. The molecule has 0 spiro atoms. The first-order valence-corrected chi connectivity index (χ1v) is 10.9. The lowest BCUT2D eigenvalue weighted by atomic mass is 9.88. The van der Waals surface area contributed by atoms with Gasteiger partial charge in [-0.05, 0) is 44.4 Å². The number of hydrogen-bond acceptors (Lipinski definition) is 5. The molecule has 0 saturated heterocycles. The first-order chi connectivity index (χ1) is 13.8. The lowest BCUT2D eigenvalue weighted by Gasteiger charge is -2.28. The molecule has 164 valence electrons. The quantitative estimate of drug-likeness (QED) is 0.190. The summed E-state index contributed by atoms with van der Waals surface area (Å²) in [6, 6.07) is 0. The molecule has 0 aromatic rings. The Morgan fingerprint density at radius 3 is 2.69 bits per heavy atom. The van der Waals surface area contributed by atoms with Crippen LogP contribution in [0.3, 0.4) is 0 Å². The largest absolute Gasteiger partial charge is 0.429 e. The van der Waals surface area contributed by atoms with Crippen LogP contribution in [0.15, 0.2) is 36.6 Å². The van der Waals surface area contributed by atoms with Gasteiger partial charge in [-0.3, -0.25) is 9.59 Å². The monoisotopic (exact) mass is 406 g/mol. The van der Waals surface area contributed by atoms with E-state index in [4.69, 9.17) is 9.84 Å². The van der Waals surface area contributed by atoms with Crippen LogP contribution < -0.4 is 0 Å². The Bertz CT molecular complexity index is 592. The molecule has 5 heteroatoms. The van der Waals surface area contributed by atoms with Crippen molar-refractivity contribution in [2.45, 2.75) is 83.7 Å². The Labute approximate surface area is 175 Å². The van der Waals surface area contributed by atoms with Crippen LogP contribution in [0.5, 0.6) is 0 Å². The van der Waals surface area contributed by atoms with Crippen molar-refractivity contribution in [1.29, 1.82) is 0 Å². The van der Waals surface area contributed by atoms with E-state index in [1.165, 1.54) is 6.92 Å². The highest BCUT2D eigenvalue weighted by Gasteiger charge is 2.34. The van der Waals surface area contributed by atoms with Gasteiger partial charge >= 0.3 is 5.97 Å². The van der Waals surface area contributed by atoms with E-state index in [9.17, 15) is 14.7 Å². The van der Waals surface area contributed by atoms with Crippen molar-refractivity contribution in [2.24, 2.45) is 11.8 Å². The minimum atomic E-state index is -1.27. The van der Waals surface area contributed by atoms with Crippen molar-refractivity contribution >= 4 is 11.8 Å². The minimum Gasteiger partial charge on any atom is -0.429 e. The lowest BCUT2D eigenvalue weighted by molar-refractivity contribution is -0.140. The number of rotatable bonds is 14. The zero-order chi connectivity index (χ0) is 21.7. The van der Waals surface area contributed by atoms with Crippen LogP contribution in [0.25, 0.3) is 0 Å². The van der Waals surface area contributed by atoms with Crippen molar-refractivity contribution < 1.29 is 24.5 Å². The first-order valence-electron chi connectivity index (χ1n) is 10.9. The van der Waals surface area contributed by atoms with Crippen LogP contribution in [0.2, 0.25) is 0 Å². The number of ether oxygens (including phenoxy) is 1. The van der Waals surface area contributed by atoms with Gasteiger partial charge in [0.2, 0.25) is 0 Å². The molecule has 2 N–H and O–H groups in total. The van der Waals surface area contributed by atoms with Gasteiger partial charge in [0, 0.05) is 32.3 Å². The third-order valence-corrected chi connectivity index (χ3v) is 5.56. The molecule has 0 aliphatic heterocycles. The molecule has 0 aromatic heterocycles. The summed E-state index contributed by atoms with van der Waals surface area (Å²) < 4.78 is 5.07. The van der Waals surface area contributed by atoms with Crippen molar-refractivity contribution in [3.05, 3.63) is 36.6 Å². The normalized spacial score (nSPS) is 21.7. The second-order valence-electron chi connectivity index (χ2n) is 7.99. The van der Waals surface area contributed by atoms with Crippen molar-refractivity contribution in [3.8, 4) is 0 Å². The lowest BCUT2D eigenvalue weighted by Crippen LogP contribution is -2.32. The molecule has 0 bridgehead atoms. The van der Waals surface area contributed by atoms with Crippen molar-refractivity contribution in [3.63, 3.8) is 0 Å². The summed E-state index contributed by atoms with van der Waals surface area (Å²) in [5.74, 6) is 0.0575. The van der Waals surface area contributed by atoms with Crippen molar-refractivity contribution in [1.82, 2.24) is 0 Å². The predicted molar refractivity (Wildman–Crippen MR) is 115 cm³/mol. The van der Waals surface area contributed by atoms with Gasteiger partial charge in [-0.2, -0.15) is 0 Å². The van der Waals surface area contributed by atoms with E-state index in [0.717, 1.165) is 44.9 Å². The average Bonchev–Trinajstić information content (AvgIpc) is 3.02. The summed E-state index contributed by atoms with van der Waals surface area (Å²) in [6.45, 7) is 7.32. The summed E-state index contributed by atoms with van der Waals surface area (Å²) >= 11 is 0. The van der Waals surface area contributed by atoms with E-state index in [1.807, 2.05) is 19.1 Å². The van der Waals surface area contributed by atoms with Gasteiger partial charge in [0.25, 0.3) is 0 Å². The molecular formula is C24H38O5. The number of Topliss-reactive ketones (excluding diaryl/α,β-unsaturated/α-hetero) is 1. The number of esters is 1. The topological polar surface area (TPSA) is 83.8 Å². The summed E-state index contributed by atoms with van der Waals surface area (Å²) in [4.78, 5) is 23.5. The first kappa shape index (κ1) is 25.3. The number of ketones is 1. The molecule has 1 saturated carbocycles. The van der Waals surface area contributed by atoms with Crippen LogP contribution >= 0.6 is 0 Å². The highest BCUT2D eigenvalue weighted by molar-refractivity contribution is 5.83. The van der Waals surface area contributed by atoms with E-state index in [0.29, 0.717) is 25.0 Å². The maximum atomic E-state index is 12.3. The Morgan fingerprint density at radius 2 is 2.03 bits per heavy atom. The summed E-state index contributed by atoms with van der Waals surface area (Å²) in [5.41, 5.74) is -1.27. The second kappa shape index (κ2) is 13.5. The van der Waals surface area contributed by atoms with Crippen LogP contribution in [0.1, 0.15) is 78.1 Å². The van der Waals surface area contributed by atoms with E-state index >= 15 is 0 Å². The van der Waals surface area contributed by atoms with Gasteiger partial charge in [-0.25, -0.2) is 0 Å². The fourth-order valence-corrected chi connectivity index (χ4v) is 3.74. The summed E-state index contributed by atoms with van der Waals surface area (Å²) in [5, 5.41) is 19.8. The van der Waals surface area contributed by atoms with Gasteiger partial charge in [0.15, 0.2) is 0 Å². The third kappa shape index (κ3) is 9.09. The molecule has 0 aromatic carbocycles. The number of aliphatic hydroxyl groups excluding tert-OH is 1. The highest BCUT2D eigenvalue weighted by Crippen LogP contribution is 2.34. The zero-order valence-electron chi connectivity index (χ0n) is 18.1. The maximum absolute atomic E-state index is 12.3. The summed E-state index contributed by atoms with van der Waals surface area (Å²) in [6.07, 6.45) is 15.5. The molecule has 1 fully saturated rings. The molecule has 1 unspecified atom stereocenters. The van der Waals surface area contributed by atoms with Gasteiger partial charge in [-0.15, -0.1) is 0 Å². The molecular weight excluding hydrogens is 368 g/mol.